The minimum Gasteiger partial charge on any atom is -0.508 e. The van der Waals surface area contributed by atoms with Gasteiger partial charge in [0, 0.05) is 44.0 Å². The number of unbranched alkanes of at least 4 members (excludes halogenated alkanes) is 1. The zero-order valence-electron chi connectivity index (χ0n) is 23.8. The highest BCUT2D eigenvalue weighted by Gasteiger charge is 2.25. The van der Waals surface area contributed by atoms with Gasteiger partial charge in [0.05, 0.1) is 11.9 Å². The van der Waals surface area contributed by atoms with Gasteiger partial charge in [-0.2, -0.15) is 0 Å². The van der Waals surface area contributed by atoms with Crippen LogP contribution in [0.2, 0.25) is 0 Å². The standard InChI is InChI=1S/C30H37FN4O5S.ClH/c1-3-4-17-35(29-20-25(36)9-14-28(29)31)30(37)32-23-15-18-34(19-16-23)21-22-5-10-26(11-6-22)40-27-12-7-24(8-13-27)33-41(2,38)39;/h5-14,20,23,33,36H,3-4,15-19,21H2,1-2H3,(H,32,37);1H. The molecule has 1 saturated heterocycles. The lowest BCUT2D eigenvalue weighted by Crippen LogP contribution is -2.49. The van der Waals surface area contributed by atoms with Gasteiger partial charge in [0.25, 0.3) is 0 Å². The first kappa shape index (κ1) is 33.0. The minimum absolute atomic E-state index is 0. The van der Waals surface area contributed by atoms with Crippen molar-refractivity contribution >= 4 is 39.8 Å². The average Bonchev–Trinajstić information content (AvgIpc) is 2.93. The molecule has 3 aromatic carbocycles. The Kier molecular flexibility index (Phi) is 11.8. The minimum atomic E-state index is -3.33. The number of hydrogen-bond acceptors (Lipinski definition) is 6. The number of anilines is 2. The molecule has 1 aliphatic heterocycles. The third kappa shape index (κ3) is 9.78. The zero-order valence-corrected chi connectivity index (χ0v) is 25.4. The smallest absolute Gasteiger partial charge is 0.322 e. The Morgan fingerprint density at radius 3 is 2.26 bits per heavy atom. The van der Waals surface area contributed by atoms with Gasteiger partial charge in [-0.15, -0.1) is 12.4 Å². The average molecular weight is 621 g/mol. The summed E-state index contributed by atoms with van der Waals surface area (Å²) in [6.07, 6.45) is 4.24. The van der Waals surface area contributed by atoms with Gasteiger partial charge in [-0.1, -0.05) is 25.5 Å². The van der Waals surface area contributed by atoms with Gasteiger partial charge < -0.3 is 15.2 Å². The highest BCUT2D eigenvalue weighted by atomic mass is 35.5. The number of halogens is 2. The van der Waals surface area contributed by atoms with E-state index >= 15 is 0 Å². The van der Waals surface area contributed by atoms with Crippen molar-refractivity contribution in [2.75, 3.05) is 35.5 Å². The predicted octanol–water partition coefficient (Wildman–Crippen LogP) is 6.10. The molecule has 1 heterocycles. The van der Waals surface area contributed by atoms with Gasteiger partial charge in [0.1, 0.15) is 23.1 Å². The monoisotopic (exact) mass is 620 g/mol. The Morgan fingerprint density at radius 1 is 1.05 bits per heavy atom. The first-order valence-electron chi connectivity index (χ1n) is 13.7. The number of rotatable bonds is 11. The third-order valence-corrected chi connectivity index (χ3v) is 7.45. The SMILES string of the molecule is CCCCN(C(=O)NC1CCN(Cc2ccc(Oc3ccc(NS(C)(=O)=O)cc3)cc2)CC1)c1cc(O)ccc1F.Cl. The summed E-state index contributed by atoms with van der Waals surface area (Å²) in [4.78, 5) is 16.8. The second kappa shape index (κ2) is 15.1. The Bertz CT molecular complexity index is 1420. The molecule has 1 fully saturated rings. The van der Waals surface area contributed by atoms with Crippen LogP contribution >= 0.6 is 12.4 Å². The number of phenols is 1. The van der Waals surface area contributed by atoms with Crippen LogP contribution in [0.25, 0.3) is 0 Å². The molecule has 0 spiro atoms. The highest BCUT2D eigenvalue weighted by molar-refractivity contribution is 7.92. The largest absolute Gasteiger partial charge is 0.508 e. The molecule has 0 saturated carbocycles. The second-order valence-electron chi connectivity index (χ2n) is 10.3. The van der Waals surface area contributed by atoms with E-state index in [1.54, 1.807) is 24.3 Å². The van der Waals surface area contributed by atoms with Crippen LogP contribution in [0.4, 0.5) is 20.6 Å². The first-order valence-corrected chi connectivity index (χ1v) is 15.6. The lowest BCUT2D eigenvalue weighted by Gasteiger charge is -2.34. The van der Waals surface area contributed by atoms with Crippen LogP contribution in [0.15, 0.2) is 66.7 Å². The predicted molar refractivity (Wildman–Crippen MR) is 166 cm³/mol. The Hall–Kier alpha value is -3.54. The number of ether oxygens (including phenoxy) is 1. The molecule has 0 aromatic heterocycles. The summed E-state index contributed by atoms with van der Waals surface area (Å²) >= 11 is 0. The molecule has 0 atom stereocenters. The van der Waals surface area contributed by atoms with Crippen LogP contribution in [-0.4, -0.2) is 56.4 Å². The van der Waals surface area contributed by atoms with E-state index in [2.05, 4.69) is 14.9 Å². The van der Waals surface area contributed by atoms with E-state index in [4.69, 9.17) is 4.74 Å². The number of piperidine rings is 1. The molecule has 2 amide bonds. The van der Waals surface area contributed by atoms with Gasteiger partial charge in [0.2, 0.25) is 10.0 Å². The number of sulfonamides is 1. The van der Waals surface area contributed by atoms with E-state index in [-0.39, 0.29) is 35.9 Å². The fourth-order valence-electron chi connectivity index (χ4n) is 4.71. The second-order valence-corrected chi connectivity index (χ2v) is 12.0. The van der Waals surface area contributed by atoms with Crippen molar-refractivity contribution in [3.8, 4) is 17.2 Å². The van der Waals surface area contributed by atoms with Crippen molar-refractivity contribution in [2.24, 2.45) is 0 Å². The quantitative estimate of drug-likeness (QED) is 0.239. The van der Waals surface area contributed by atoms with Gasteiger partial charge in [0.15, 0.2) is 0 Å². The Labute approximate surface area is 253 Å². The summed E-state index contributed by atoms with van der Waals surface area (Å²) < 4.78 is 45.5. The molecule has 0 unspecified atom stereocenters. The number of amides is 2. The number of urea groups is 1. The van der Waals surface area contributed by atoms with Crippen molar-refractivity contribution in [2.45, 2.75) is 45.2 Å². The molecule has 1 aliphatic rings. The molecule has 228 valence electrons. The van der Waals surface area contributed by atoms with Crippen LogP contribution in [0.5, 0.6) is 17.2 Å². The number of phenolic OH excluding ortho intramolecular Hbond substituents is 1. The van der Waals surface area contributed by atoms with Crippen LogP contribution in [0.1, 0.15) is 38.2 Å². The molecular weight excluding hydrogens is 583 g/mol. The van der Waals surface area contributed by atoms with Crippen molar-refractivity contribution in [3.05, 3.63) is 78.1 Å². The van der Waals surface area contributed by atoms with E-state index < -0.39 is 15.8 Å². The van der Waals surface area contributed by atoms with Crippen molar-refractivity contribution < 1.29 is 27.4 Å². The van der Waals surface area contributed by atoms with E-state index in [0.29, 0.717) is 23.7 Å². The molecule has 42 heavy (non-hydrogen) atoms. The zero-order chi connectivity index (χ0) is 29.4. The van der Waals surface area contributed by atoms with Crippen LogP contribution in [0, 0.1) is 5.82 Å². The maximum absolute atomic E-state index is 14.5. The van der Waals surface area contributed by atoms with E-state index in [1.165, 1.54) is 23.1 Å². The number of benzene rings is 3. The molecule has 9 nitrogen and oxygen atoms in total. The van der Waals surface area contributed by atoms with Crippen molar-refractivity contribution in [3.63, 3.8) is 0 Å². The number of carbonyl (C=O) groups is 1. The van der Waals surface area contributed by atoms with Gasteiger partial charge >= 0.3 is 6.03 Å². The highest BCUT2D eigenvalue weighted by Crippen LogP contribution is 2.26. The van der Waals surface area contributed by atoms with Crippen LogP contribution in [0.3, 0.4) is 0 Å². The molecule has 0 bridgehead atoms. The number of likely N-dealkylation sites (tertiary alicyclic amines) is 1. The maximum Gasteiger partial charge on any atom is 0.322 e. The normalized spacial score (nSPS) is 14.1. The summed E-state index contributed by atoms with van der Waals surface area (Å²) in [5.41, 5.74) is 1.69. The number of aromatic hydroxyl groups is 1. The summed E-state index contributed by atoms with van der Waals surface area (Å²) in [6.45, 7) is 4.77. The Morgan fingerprint density at radius 2 is 1.67 bits per heavy atom. The number of nitrogens with one attached hydrogen (secondary N) is 2. The van der Waals surface area contributed by atoms with Crippen LogP contribution < -0.4 is 19.7 Å². The third-order valence-electron chi connectivity index (χ3n) is 6.84. The fraction of sp³-hybridized carbons (Fsp3) is 0.367. The Balaban J connectivity index is 0.00000484. The van der Waals surface area contributed by atoms with Gasteiger partial charge in [-0.25, -0.2) is 17.6 Å². The molecule has 3 N–H and O–H groups in total. The van der Waals surface area contributed by atoms with E-state index in [1.807, 2.05) is 31.2 Å². The molecule has 4 rings (SSSR count). The summed E-state index contributed by atoms with van der Waals surface area (Å²) in [5, 5.41) is 12.9. The first-order chi connectivity index (χ1) is 19.6. The van der Waals surface area contributed by atoms with Crippen LogP contribution in [-0.2, 0) is 16.6 Å². The van der Waals surface area contributed by atoms with E-state index in [9.17, 15) is 22.7 Å². The number of hydrogen-bond donors (Lipinski definition) is 3. The number of nitrogens with zero attached hydrogens (tertiary/aromatic N) is 2. The number of carbonyl (C=O) groups excluding carboxylic acids is 1. The molecule has 3 aromatic rings. The molecule has 12 heteroatoms. The molecular formula is C30H38ClFN4O5S. The topological polar surface area (TPSA) is 111 Å². The maximum atomic E-state index is 14.5. The van der Waals surface area contributed by atoms with Crippen molar-refractivity contribution in [1.82, 2.24) is 10.2 Å². The van der Waals surface area contributed by atoms with E-state index in [0.717, 1.165) is 57.1 Å². The summed E-state index contributed by atoms with van der Waals surface area (Å²) in [7, 11) is -3.33. The summed E-state index contributed by atoms with van der Waals surface area (Å²) in [6, 6.07) is 17.9. The lowest BCUT2D eigenvalue weighted by molar-refractivity contribution is 0.188. The lowest BCUT2D eigenvalue weighted by atomic mass is 10.0. The van der Waals surface area contributed by atoms with Crippen molar-refractivity contribution in [1.29, 1.82) is 0 Å². The molecule has 0 radical (unpaired) electrons. The molecule has 0 aliphatic carbocycles. The summed E-state index contributed by atoms with van der Waals surface area (Å²) in [5.74, 6) is 0.651. The van der Waals surface area contributed by atoms with Gasteiger partial charge in [-0.3, -0.25) is 14.5 Å². The van der Waals surface area contributed by atoms with Gasteiger partial charge in [-0.05, 0) is 73.4 Å². The fourth-order valence-corrected chi connectivity index (χ4v) is 5.27.